The molecule has 0 bridgehead atoms. The first-order chi connectivity index (χ1) is 15.7. The van der Waals surface area contributed by atoms with Gasteiger partial charge in [0, 0.05) is 11.1 Å². The van der Waals surface area contributed by atoms with E-state index in [-0.39, 0.29) is 0 Å². The van der Waals surface area contributed by atoms with Gasteiger partial charge in [-0.1, -0.05) is 90.5 Å². The van der Waals surface area contributed by atoms with E-state index in [9.17, 15) is 5.11 Å². The molecule has 177 valence electrons. The Balaban J connectivity index is 2.19. The van der Waals surface area contributed by atoms with E-state index in [1.807, 2.05) is 36.4 Å². The van der Waals surface area contributed by atoms with Gasteiger partial charge in [0.25, 0.3) is 0 Å². The molecule has 0 fully saturated rings. The Bertz CT molecular complexity index is 718. The minimum Gasteiger partial charge on any atom is -0.493 e. The Labute approximate surface area is 196 Å². The fourth-order valence-electron chi connectivity index (χ4n) is 4.27. The normalized spacial score (nSPS) is 11.2. The van der Waals surface area contributed by atoms with E-state index in [1.165, 1.54) is 38.5 Å². The third-order valence-corrected chi connectivity index (χ3v) is 6.12. The number of unbranched alkanes of at least 4 members (excludes halogenated alkanes) is 6. The largest absolute Gasteiger partial charge is 0.493 e. The van der Waals surface area contributed by atoms with Crippen LogP contribution in [0.2, 0.25) is 0 Å². The predicted octanol–water partition coefficient (Wildman–Crippen LogP) is 8.25. The summed E-state index contributed by atoms with van der Waals surface area (Å²) in [6, 6.07) is 11.9. The summed E-state index contributed by atoms with van der Waals surface area (Å²) in [5, 5.41) is 13.7. The first kappa shape index (κ1) is 26.3. The van der Waals surface area contributed by atoms with Gasteiger partial charge in [0.1, 0.15) is 17.6 Å². The SMILES string of the molecule is CCCCCCOc1cccc(C([O])c2cccc(OCCCCCC)c2CC)c1CC. The molecule has 3 heteroatoms. The summed E-state index contributed by atoms with van der Waals surface area (Å²) in [6.07, 6.45) is 10.0. The van der Waals surface area contributed by atoms with Crippen molar-refractivity contribution in [1.29, 1.82) is 0 Å². The van der Waals surface area contributed by atoms with E-state index in [0.29, 0.717) is 13.2 Å². The number of benzene rings is 2. The van der Waals surface area contributed by atoms with Gasteiger partial charge in [-0.05, 0) is 48.9 Å². The Morgan fingerprint density at radius 1 is 0.625 bits per heavy atom. The maximum atomic E-state index is 13.7. The average Bonchev–Trinajstić information content (AvgIpc) is 2.82. The standard InChI is InChI=1S/C29H43O3/c1-5-9-11-13-21-31-27-19-15-17-25(23(27)7-3)29(30)26-18-16-20-28(24(26)8-4)32-22-14-12-10-6-2/h15-20,29H,5-14,21-22H2,1-4H3. The maximum absolute atomic E-state index is 13.7. The molecule has 0 aliphatic rings. The summed E-state index contributed by atoms with van der Waals surface area (Å²) >= 11 is 0. The molecular formula is C29H43O3. The van der Waals surface area contributed by atoms with Crippen LogP contribution in [0.1, 0.15) is 107 Å². The highest BCUT2D eigenvalue weighted by molar-refractivity contribution is 5.49. The predicted molar refractivity (Wildman–Crippen MR) is 133 cm³/mol. The van der Waals surface area contributed by atoms with E-state index in [4.69, 9.17) is 9.47 Å². The van der Waals surface area contributed by atoms with Gasteiger partial charge in [-0.25, -0.2) is 5.11 Å². The third kappa shape index (κ3) is 7.55. The van der Waals surface area contributed by atoms with Crippen LogP contribution in [0.5, 0.6) is 11.5 Å². The zero-order valence-electron chi connectivity index (χ0n) is 20.8. The van der Waals surface area contributed by atoms with Crippen LogP contribution in [0.15, 0.2) is 36.4 Å². The first-order valence-corrected chi connectivity index (χ1v) is 12.8. The molecule has 0 aliphatic carbocycles. The van der Waals surface area contributed by atoms with Gasteiger partial charge in [-0.3, -0.25) is 0 Å². The van der Waals surface area contributed by atoms with Crippen molar-refractivity contribution >= 4 is 0 Å². The molecular weight excluding hydrogens is 396 g/mol. The molecule has 0 atom stereocenters. The molecule has 32 heavy (non-hydrogen) atoms. The van der Waals surface area contributed by atoms with Crippen molar-refractivity contribution < 1.29 is 14.6 Å². The lowest BCUT2D eigenvalue weighted by Gasteiger charge is -2.21. The maximum Gasteiger partial charge on any atom is 0.144 e. The highest BCUT2D eigenvalue weighted by Gasteiger charge is 2.22. The summed E-state index contributed by atoms with van der Waals surface area (Å²) in [5.74, 6) is 1.73. The molecule has 2 aromatic carbocycles. The zero-order chi connectivity index (χ0) is 23.2. The van der Waals surface area contributed by atoms with E-state index in [2.05, 4.69) is 27.7 Å². The number of ether oxygens (including phenoxy) is 2. The molecule has 0 saturated carbocycles. The van der Waals surface area contributed by atoms with Crippen LogP contribution < -0.4 is 9.47 Å². The Morgan fingerprint density at radius 3 is 1.44 bits per heavy atom. The lowest BCUT2D eigenvalue weighted by Crippen LogP contribution is -2.09. The smallest absolute Gasteiger partial charge is 0.144 e. The van der Waals surface area contributed by atoms with E-state index in [0.717, 1.165) is 59.4 Å². The molecule has 3 nitrogen and oxygen atoms in total. The van der Waals surface area contributed by atoms with Crippen LogP contribution in [0.25, 0.3) is 0 Å². The van der Waals surface area contributed by atoms with Crippen molar-refractivity contribution in [3.63, 3.8) is 0 Å². The summed E-state index contributed by atoms with van der Waals surface area (Å²) < 4.78 is 12.2. The molecule has 0 unspecified atom stereocenters. The lowest BCUT2D eigenvalue weighted by molar-refractivity contribution is 0.122. The van der Waals surface area contributed by atoms with E-state index < -0.39 is 6.10 Å². The Hall–Kier alpha value is -2.00. The van der Waals surface area contributed by atoms with Gasteiger partial charge in [0.2, 0.25) is 0 Å². The zero-order valence-corrected chi connectivity index (χ0v) is 20.8. The van der Waals surface area contributed by atoms with Crippen LogP contribution in [0.4, 0.5) is 0 Å². The lowest BCUT2D eigenvalue weighted by atomic mass is 9.91. The minimum absolute atomic E-state index is 0.710. The summed E-state index contributed by atoms with van der Waals surface area (Å²) in [5.41, 5.74) is 3.73. The van der Waals surface area contributed by atoms with Gasteiger partial charge in [0.05, 0.1) is 13.2 Å². The molecule has 0 heterocycles. The molecule has 2 aromatic rings. The fourth-order valence-corrected chi connectivity index (χ4v) is 4.27. The summed E-state index contributed by atoms with van der Waals surface area (Å²) in [4.78, 5) is 0. The van der Waals surface area contributed by atoms with Crippen molar-refractivity contribution in [2.45, 2.75) is 98.0 Å². The Kier molecular flexibility index (Phi) is 12.3. The van der Waals surface area contributed by atoms with Crippen LogP contribution in [-0.2, 0) is 17.9 Å². The van der Waals surface area contributed by atoms with Crippen molar-refractivity contribution in [2.24, 2.45) is 0 Å². The van der Waals surface area contributed by atoms with Crippen molar-refractivity contribution in [1.82, 2.24) is 0 Å². The second-order valence-electron chi connectivity index (χ2n) is 8.55. The monoisotopic (exact) mass is 439 g/mol. The number of hydrogen-bond acceptors (Lipinski definition) is 2. The van der Waals surface area contributed by atoms with Crippen molar-refractivity contribution in [3.8, 4) is 11.5 Å². The molecule has 0 saturated heterocycles. The van der Waals surface area contributed by atoms with Gasteiger partial charge in [-0.15, -0.1) is 0 Å². The van der Waals surface area contributed by atoms with Crippen molar-refractivity contribution in [3.05, 3.63) is 58.7 Å². The van der Waals surface area contributed by atoms with Gasteiger partial charge < -0.3 is 9.47 Å². The molecule has 0 N–H and O–H groups in total. The van der Waals surface area contributed by atoms with Crippen LogP contribution in [0.3, 0.4) is 0 Å². The second kappa shape index (κ2) is 14.9. The van der Waals surface area contributed by atoms with Crippen LogP contribution >= 0.6 is 0 Å². The highest BCUT2D eigenvalue weighted by Crippen LogP contribution is 2.36. The molecule has 1 radical (unpaired) electrons. The highest BCUT2D eigenvalue weighted by atomic mass is 16.5. The second-order valence-corrected chi connectivity index (χ2v) is 8.55. The topological polar surface area (TPSA) is 38.4 Å². The van der Waals surface area contributed by atoms with Gasteiger partial charge in [-0.2, -0.15) is 0 Å². The minimum atomic E-state index is -0.938. The van der Waals surface area contributed by atoms with E-state index in [1.54, 1.807) is 0 Å². The van der Waals surface area contributed by atoms with E-state index >= 15 is 0 Å². The number of rotatable bonds is 16. The quantitative estimate of drug-likeness (QED) is 0.247. The molecule has 0 amide bonds. The van der Waals surface area contributed by atoms with Crippen molar-refractivity contribution in [2.75, 3.05) is 13.2 Å². The first-order valence-electron chi connectivity index (χ1n) is 12.8. The third-order valence-electron chi connectivity index (χ3n) is 6.12. The Morgan fingerprint density at radius 2 is 1.06 bits per heavy atom. The molecule has 0 aromatic heterocycles. The van der Waals surface area contributed by atoms with Crippen LogP contribution in [0, 0.1) is 0 Å². The molecule has 0 spiro atoms. The van der Waals surface area contributed by atoms with Gasteiger partial charge >= 0.3 is 0 Å². The summed E-state index contributed by atoms with van der Waals surface area (Å²) in [7, 11) is 0. The summed E-state index contributed by atoms with van der Waals surface area (Å²) in [6.45, 7) is 10.1. The molecule has 2 rings (SSSR count). The fraction of sp³-hybridized carbons (Fsp3) is 0.586. The molecule has 0 aliphatic heterocycles. The number of hydrogen-bond donors (Lipinski definition) is 0. The average molecular weight is 440 g/mol. The van der Waals surface area contributed by atoms with Gasteiger partial charge in [0.15, 0.2) is 0 Å². The van der Waals surface area contributed by atoms with Crippen LogP contribution in [-0.4, -0.2) is 13.2 Å².